The zero-order chi connectivity index (χ0) is 17.4. The molecule has 2 aliphatic heterocycles. The summed E-state index contributed by atoms with van der Waals surface area (Å²) >= 11 is 0. The van der Waals surface area contributed by atoms with Crippen molar-refractivity contribution < 1.29 is 14.4 Å². The molecule has 1 aromatic rings. The maximum absolute atomic E-state index is 13.1. The van der Waals surface area contributed by atoms with Crippen LogP contribution < -0.4 is 10.2 Å². The van der Waals surface area contributed by atoms with Crippen LogP contribution >= 0.6 is 0 Å². The van der Waals surface area contributed by atoms with Crippen molar-refractivity contribution in [1.29, 1.82) is 0 Å². The van der Waals surface area contributed by atoms with E-state index in [1.807, 2.05) is 6.07 Å². The summed E-state index contributed by atoms with van der Waals surface area (Å²) in [6.45, 7) is 0.541. The summed E-state index contributed by atoms with van der Waals surface area (Å²) in [5.41, 5.74) is 0.542. The van der Waals surface area contributed by atoms with E-state index in [4.69, 9.17) is 0 Å². The third kappa shape index (κ3) is 2.79. The predicted molar refractivity (Wildman–Crippen MR) is 92.9 cm³/mol. The molecular weight excluding hydrogens is 318 g/mol. The molecule has 0 radical (unpaired) electrons. The van der Waals surface area contributed by atoms with E-state index in [9.17, 15) is 14.4 Å². The molecule has 2 unspecified atom stereocenters. The van der Waals surface area contributed by atoms with E-state index < -0.39 is 12.1 Å². The average Bonchev–Trinajstić information content (AvgIpc) is 3.06. The minimum Gasteiger partial charge on any atom is -0.332 e. The van der Waals surface area contributed by atoms with Gasteiger partial charge in [0.2, 0.25) is 5.91 Å². The van der Waals surface area contributed by atoms with Crippen LogP contribution in [0.3, 0.4) is 0 Å². The standard InChI is InChI=1S/C19H23N3O3/c23-17(13-7-3-1-4-8-13)21-12-11-15-16(21)18(24)22(19(25)20-15)14-9-5-2-6-10-14/h2,5-6,9-10,13,15-16H,1,3-4,7-8,11-12H2,(H,20,25). The van der Waals surface area contributed by atoms with Crippen molar-refractivity contribution in [2.24, 2.45) is 5.92 Å². The fourth-order valence-corrected chi connectivity index (χ4v) is 4.36. The molecule has 4 rings (SSSR count). The van der Waals surface area contributed by atoms with E-state index in [2.05, 4.69) is 5.32 Å². The first-order chi connectivity index (χ1) is 12.2. The molecule has 6 heteroatoms. The van der Waals surface area contributed by atoms with E-state index in [0.717, 1.165) is 25.7 Å². The second-order valence-electron chi connectivity index (χ2n) is 7.17. The van der Waals surface area contributed by atoms with Gasteiger partial charge in [0.15, 0.2) is 0 Å². The number of benzene rings is 1. The number of carbonyl (C=O) groups is 3. The summed E-state index contributed by atoms with van der Waals surface area (Å²) < 4.78 is 0. The first-order valence-corrected chi connectivity index (χ1v) is 9.17. The lowest BCUT2D eigenvalue weighted by molar-refractivity contribution is -0.142. The lowest BCUT2D eigenvalue weighted by Crippen LogP contribution is -2.65. The maximum atomic E-state index is 13.1. The summed E-state index contributed by atoms with van der Waals surface area (Å²) in [6, 6.07) is 7.65. The van der Waals surface area contributed by atoms with E-state index in [1.165, 1.54) is 11.3 Å². The van der Waals surface area contributed by atoms with Gasteiger partial charge < -0.3 is 10.2 Å². The Hall–Kier alpha value is -2.37. The molecule has 1 aliphatic carbocycles. The zero-order valence-electron chi connectivity index (χ0n) is 14.2. The number of nitrogens with zero attached hydrogens (tertiary/aromatic N) is 2. The Morgan fingerprint density at radius 3 is 2.44 bits per heavy atom. The van der Waals surface area contributed by atoms with Gasteiger partial charge in [-0.1, -0.05) is 37.5 Å². The van der Waals surface area contributed by atoms with Crippen molar-refractivity contribution in [2.45, 2.75) is 50.6 Å². The first-order valence-electron chi connectivity index (χ1n) is 9.17. The third-order valence-electron chi connectivity index (χ3n) is 5.64. The second-order valence-corrected chi connectivity index (χ2v) is 7.17. The SMILES string of the molecule is O=C1NC2CCN(C(=O)C3CCCCC3)C2C(=O)N1c1ccccc1. The Kier molecular flexibility index (Phi) is 4.19. The van der Waals surface area contributed by atoms with Crippen molar-refractivity contribution in [1.82, 2.24) is 10.2 Å². The smallest absolute Gasteiger partial charge is 0.329 e. The summed E-state index contributed by atoms with van der Waals surface area (Å²) in [4.78, 5) is 41.4. The van der Waals surface area contributed by atoms with Crippen LogP contribution in [-0.4, -0.2) is 41.4 Å². The topological polar surface area (TPSA) is 69.7 Å². The minimum absolute atomic E-state index is 0.0307. The summed E-state index contributed by atoms with van der Waals surface area (Å²) in [5, 5.41) is 2.92. The van der Waals surface area contributed by atoms with Gasteiger partial charge in [-0.05, 0) is 31.4 Å². The number of nitrogens with one attached hydrogen (secondary N) is 1. The molecule has 0 bridgehead atoms. The highest BCUT2D eigenvalue weighted by Crippen LogP contribution is 2.32. The highest BCUT2D eigenvalue weighted by molar-refractivity contribution is 6.19. The Balaban J connectivity index is 1.58. The van der Waals surface area contributed by atoms with Crippen molar-refractivity contribution in [2.75, 3.05) is 11.4 Å². The highest BCUT2D eigenvalue weighted by atomic mass is 16.2. The van der Waals surface area contributed by atoms with Crippen LogP contribution in [-0.2, 0) is 9.59 Å². The van der Waals surface area contributed by atoms with Gasteiger partial charge in [-0.2, -0.15) is 0 Å². The molecule has 0 aromatic heterocycles. The van der Waals surface area contributed by atoms with Gasteiger partial charge in [0.1, 0.15) is 6.04 Å². The lowest BCUT2D eigenvalue weighted by atomic mass is 9.88. The Bertz CT molecular complexity index is 684. The number of hydrogen-bond donors (Lipinski definition) is 1. The van der Waals surface area contributed by atoms with Crippen molar-refractivity contribution in [3.8, 4) is 0 Å². The number of likely N-dealkylation sites (tertiary alicyclic amines) is 1. The quantitative estimate of drug-likeness (QED) is 0.897. The predicted octanol–water partition coefficient (Wildman–Crippen LogP) is 2.29. The Labute approximate surface area is 147 Å². The molecule has 3 fully saturated rings. The first kappa shape index (κ1) is 16.1. The molecule has 1 aromatic carbocycles. The summed E-state index contributed by atoms with van der Waals surface area (Å²) in [5.74, 6) is -0.172. The number of rotatable bonds is 2. The molecule has 6 nitrogen and oxygen atoms in total. The van der Waals surface area contributed by atoms with Crippen molar-refractivity contribution in [3.05, 3.63) is 30.3 Å². The lowest BCUT2D eigenvalue weighted by Gasteiger charge is -2.38. The van der Waals surface area contributed by atoms with Crippen LogP contribution in [0.1, 0.15) is 38.5 Å². The van der Waals surface area contributed by atoms with Crippen LogP contribution in [0, 0.1) is 5.92 Å². The molecule has 3 aliphatic rings. The van der Waals surface area contributed by atoms with Crippen molar-refractivity contribution >= 4 is 23.5 Å². The number of imide groups is 1. The molecule has 1 saturated carbocycles. The summed E-state index contributed by atoms with van der Waals surface area (Å²) in [6.07, 6.45) is 5.82. The van der Waals surface area contributed by atoms with Crippen LogP contribution in [0.15, 0.2) is 30.3 Å². The molecule has 2 saturated heterocycles. The van der Waals surface area contributed by atoms with Crippen LogP contribution in [0.4, 0.5) is 10.5 Å². The van der Waals surface area contributed by atoms with E-state index in [-0.39, 0.29) is 23.8 Å². The minimum atomic E-state index is -0.577. The third-order valence-corrected chi connectivity index (χ3v) is 5.64. The van der Waals surface area contributed by atoms with Gasteiger partial charge in [-0.25, -0.2) is 9.69 Å². The molecule has 132 valence electrons. The van der Waals surface area contributed by atoms with Gasteiger partial charge >= 0.3 is 6.03 Å². The van der Waals surface area contributed by atoms with E-state index in [0.29, 0.717) is 18.7 Å². The van der Waals surface area contributed by atoms with Crippen LogP contribution in [0.25, 0.3) is 0 Å². The number of anilines is 1. The van der Waals surface area contributed by atoms with E-state index in [1.54, 1.807) is 29.2 Å². The normalized spacial score (nSPS) is 27.2. The number of urea groups is 1. The van der Waals surface area contributed by atoms with Gasteiger partial charge in [0.25, 0.3) is 5.91 Å². The van der Waals surface area contributed by atoms with Crippen LogP contribution in [0.5, 0.6) is 0 Å². The van der Waals surface area contributed by atoms with Gasteiger partial charge in [0.05, 0.1) is 11.7 Å². The highest BCUT2D eigenvalue weighted by Gasteiger charge is 2.50. The van der Waals surface area contributed by atoms with Gasteiger partial charge in [-0.15, -0.1) is 0 Å². The molecule has 0 spiro atoms. The molecule has 2 heterocycles. The molecule has 4 amide bonds. The molecule has 25 heavy (non-hydrogen) atoms. The monoisotopic (exact) mass is 341 g/mol. The number of carbonyl (C=O) groups excluding carboxylic acids is 3. The van der Waals surface area contributed by atoms with Gasteiger partial charge in [0, 0.05) is 12.5 Å². The number of amides is 4. The number of hydrogen-bond acceptors (Lipinski definition) is 3. The molecular formula is C19H23N3O3. The molecule has 1 N–H and O–H groups in total. The Morgan fingerprint density at radius 2 is 1.72 bits per heavy atom. The largest absolute Gasteiger partial charge is 0.332 e. The fraction of sp³-hybridized carbons (Fsp3) is 0.526. The molecule has 2 atom stereocenters. The maximum Gasteiger partial charge on any atom is 0.329 e. The Morgan fingerprint density at radius 1 is 1.00 bits per heavy atom. The van der Waals surface area contributed by atoms with Crippen molar-refractivity contribution in [3.63, 3.8) is 0 Å². The average molecular weight is 341 g/mol. The van der Waals surface area contributed by atoms with Crippen LogP contribution in [0.2, 0.25) is 0 Å². The number of fused-ring (bicyclic) bond motifs is 1. The second kappa shape index (κ2) is 6.50. The zero-order valence-corrected chi connectivity index (χ0v) is 14.2. The summed E-state index contributed by atoms with van der Waals surface area (Å²) in [7, 11) is 0. The van der Waals surface area contributed by atoms with Gasteiger partial charge in [-0.3, -0.25) is 9.59 Å². The number of para-hydroxylation sites is 1. The fourth-order valence-electron chi connectivity index (χ4n) is 4.36. The van der Waals surface area contributed by atoms with E-state index >= 15 is 0 Å².